The summed E-state index contributed by atoms with van der Waals surface area (Å²) in [6, 6.07) is 5.50. The SMILES string of the molecule is O=C(NCCNc1ccc(C(F)(F)F)cc1[N+](=O)[O-])c1cc(Cl)ccc1F. The number of nitrogens with one attached hydrogen (secondary N) is 2. The molecule has 0 spiro atoms. The van der Waals surface area contributed by atoms with Gasteiger partial charge < -0.3 is 10.6 Å². The number of alkyl halides is 3. The van der Waals surface area contributed by atoms with Crippen LogP contribution in [-0.2, 0) is 6.18 Å². The average Bonchev–Trinajstić information content (AvgIpc) is 2.59. The normalized spacial score (nSPS) is 11.1. The van der Waals surface area contributed by atoms with E-state index in [-0.39, 0.29) is 29.4 Å². The minimum atomic E-state index is -4.71. The van der Waals surface area contributed by atoms with Crippen molar-refractivity contribution in [2.45, 2.75) is 6.18 Å². The summed E-state index contributed by atoms with van der Waals surface area (Å²) in [7, 11) is 0. The molecule has 11 heteroatoms. The zero-order valence-electron chi connectivity index (χ0n) is 13.4. The molecule has 0 aliphatic carbocycles. The van der Waals surface area contributed by atoms with Gasteiger partial charge in [-0.25, -0.2) is 4.39 Å². The first kappa shape index (κ1) is 20.4. The monoisotopic (exact) mass is 405 g/mol. The minimum absolute atomic E-state index is 0.0415. The van der Waals surface area contributed by atoms with Crippen LogP contribution in [-0.4, -0.2) is 23.9 Å². The molecule has 144 valence electrons. The van der Waals surface area contributed by atoms with Crippen LogP contribution < -0.4 is 10.6 Å². The van der Waals surface area contributed by atoms with Crippen LogP contribution in [0.1, 0.15) is 15.9 Å². The van der Waals surface area contributed by atoms with E-state index in [2.05, 4.69) is 10.6 Å². The predicted molar refractivity (Wildman–Crippen MR) is 90.3 cm³/mol. The van der Waals surface area contributed by atoms with E-state index in [0.717, 1.165) is 18.2 Å². The van der Waals surface area contributed by atoms with Crippen LogP contribution in [0.2, 0.25) is 5.02 Å². The molecule has 0 aliphatic rings. The summed E-state index contributed by atoms with van der Waals surface area (Å²) in [5.74, 6) is -1.53. The smallest absolute Gasteiger partial charge is 0.378 e. The lowest BCUT2D eigenvalue weighted by Crippen LogP contribution is -2.29. The molecule has 2 aromatic carbocycles. The predicted octanol–water partition coefficient (Wildman–Crippen LogP) is 4.25. The molecule has 0 radical (unpaired) electrons. The van der Waals surface area contributed by atoms with E-state index >= 15 is 0 Å². The lowest BCUT2D eigenvalue weighted by atomic mass is 10.1. The number of hydrogen-bond donors (Lipinski definition) is 2. The average molecular weight is 406 g/mol. The number of nitro benzene ring substituents is 1. The highest BCUT2D eigenvalue weighted by molar-refractivity contribution is 6.31. The number of benzene rings is 2. The van der Waals surface area contributed by atoms with Gasteiger partial charge in [-0.1, -0.05) is 11.6 Å². The van der Waals surface area contributed by atoms with E-state index in [1.54, 1.807) is 0 Å². The highest BCUT2D eigenvalue weighted by Gasteiger charge is 2.33. The Morgan fingerprint density at radius 3 is 2.48 bits per heavy atom. The first-order valence-corrected chi connectivity index (χ1v) is 7.80. The van der Waals surface area contributed by atoms with Crippen LogP contribution in [0.5, 0.6) is 0 Å². The van der Waals surface area contributed by atoms with Gasteiger partial charge in [0.2, 0.25) is 0 Å². The molecule has 2 aromatic rings. The molecule has 0 bridgehead atoms. The van der Waals surface area contributed by atoms with Crippen LogP contribution in [0, 0.1) is 15.9 Å². The van der Waals surface area contributed by atoms with Crippen molar-refractivity contribution in [1.82, 2.24) is 5.32 Å². The summed E-state index contributed by atoms with van der Waals surface area (Å²) in [5.41, 5.74) is -2.32. The Morgan fingerprint density at radius 1 is 1.15 bits per heavy atom. The number of nitrogens with zero attached hydrogens (tertiary/aromatic N) is 1. The van der Waals surface area contributed by atoms with Gasteiger partial charge in [0, 0.05) is 24.2 Å². The Kier molecular flexibility index (Phi) is 6.21. The number of amides is 1. The topological polar surface area (TPSA) is 84.3 Å². The molecule has 0 unspecified atom stereocenters. The molecular formula is C16H12ClF4N3O3. The number of rotatable bonds is 6. The summed E-state index contributed by atoms with van der Waals surface area (Å²) in [6.07, 6.45) is -4.71. The molecule has 0 aliphatic heterocycles. The zero-order chi connectivity index (χ0) is 20.2. The Hall–Kier alpha value is -2.88. The number of anilines is 1. The minimum Gasteiger partial charge on any atom is -0.378 e. The largest absolute Gasteiger partial charge is 0.416 e. The lowest BCUT2D eigenvalue weighted by molar-refractivity contribution is -0.384. The summed E-state index contributed by atoms with van der Waals surface area (Å²) in [5, 5.41) is 16.1. The van der Waals surface area contributed by atoms with Crippen molar-refractivity contribution in [1.29, 1.82) is 0 Å². The van der Waals surface area contributed by atoms with Gasteiger partial charge in [0.15, 0.2) is 0 Å². The van der Waals surface area contributed by atoms with Crippen molar-refractivity contribution in [2.24, 2.45) is 0 Å². The standard InChI is InChI=1S/C16H12ClF4N3O3/c17-10-2-3-12(18)11(8-10)15(25)23-6-5-22-13-4-1-9(16(19,20)21)7-14(13)24(26)27/h1-4,7-8,22H,5-6H2,(H,23,25). The first-order chi connectivity index (χ1) is 12.6. The number of carbonyl (C=O) groups is 1. The Morgan fingerprint density at radius 2 is 1.85 bits per heavy atom. The second kappa shape index (κ2) is 8.21. The van der Waals surface area contributed by atoms with Gasteiger partial charge in [0.25, 0.3) is 11.6 Å². The van der Waals surface area contributed by atoms with E-state index in [0.29, 0.717) is 12.1 Å². The van der Waals surface area contributed by atoms with Crippen molar-refractivity contribution in [2.75, 3.05) is 18.4 Å². The number of carbonyl (C=O) groups excluding carboxylic acids is 1. The molecule has 27 heavy (non-hydrogen) atoms. The zero-order valence-corrected chi connectivity index (χ0v) is 14.2. The van der Waals surface area contributed by atoms with Crippen molar-refractivity contribution >= 4 is 28.9 Å². The lowest BCUT2D eigenvalue weighted by Gasteiger charge is -2.11. The molecule has 0 fully saturated rings. The third kappa shape index (κ3) is 5.30. The summed E-state index contributed by atoms with van der Waals surface area (Å²) in [6.45, 7) is -0.108. The quantitative estimate of drug-likeness (QED) is 0.326. The number of nitro groups is 1. The van der Waals surface area contributed by atoms with Gasteiger partial charge in [0.05, 0.1) is 16.1 Å². The highest BCUT2D eigenvalue weighted by atomic mass is 35.5. The van der Waals surface area contributed by atoms with Crippen LogP contribution in [0.15, 0.2) is 36.4 Å². The van der Waals surface area contributed by atoms with Gasteiger partial charge in [-0.2, -0.15) is 13.2 Å². The Bertz CT molecular complexity index is 874. The first-order valence-electron chi connectivity index (χ1n) is 7.42. The molecule has 2 N–H and O–H groups in total. The molecule has 0 saturated heterocycles. The van der Waals surface area contributed by atoms with Crippen LogP contribution >= 0.6 is 11.6 Å². The van der Waals surface area contributed by atoms with E-state index in [1.165, 1.54) is 6.07 Å². The highest BCUT2D eigenvalue weighted by Crippen LogP contribution is 2.34. The molecule has 2 rings (SSSR count). The fourth-order valence-electron chi connectivity index (χ4n) is 2.15. The fourth-order valence-corrected chi connectivity index (χ4v) is 2.32. The van der Waals surface area contributed by atoms with Crippen LogP contribution in [0.25, 0.3) is 0 Å². The summed E-state index contributed by atoms with van der Waals surface area (Å²) >= 11 is 5.69. The number of hydrogen-bond acceptors (Lipinski definition) is 4. The van der Waals surface area contributed by atoms with Crippen molar-refractivity contribution in [3.05, 3.63) is 68.5 Å². The van der Waals surface area contributed by atoms with E-state index in [9.17, 15) is 32.5 Å². The summed E-state index contributed by atoms with van der Waals surface area (Å²) in [4.78, 5) is 21.9. The van der Waals surface area contributed by atoms with Crippen LogP contribution in [0.4, 0.5) is 28.9 Å². The molecular weight excluding hydrogens is 394 g/mol. The Labute approximate surface area is 155 Å². The maximum atomic E-state index is 13.6. The van der Waals surface area contributed by atoms with E-state index in [1.807, 2.05) is 0 Å². The molecule has 0 aromatic heterocycles. The molecule has 6 nitrogen and oxygen atoms in total. The molecule has 1 amide bonds. The van der Waals surface area contributed by atoms with Gasteiger partial charge >= 0.3 is 6.18 Å². The summed E-state index contributed by atoms with van der Waals surface area (Å²) < 4.78 is 51.5. The van der Waals surface area contributed by atoms with Gasteiger partial charge in [-0.05, 0) is 30.3 Å². The maximum absolute atomic E-state index is 13.6. The second-order valence-electron chi connectivity index (χ2n) is 5.29. The molecule has 0 saturated carbocycles. The van der Waals surface area contributed by atoms with Gasteiger partial charge in [-0.15, -0.1) is 0 Å². The second-order valence-corrected chi connectivity index (χ2v) is 5.73. The fraction of sp³-hybridized carbons (Fsp3) is 0.188. The molecule has 0 atom stereocenters. The molecule has 0 heterocycles. The van der Waals surface area contributed by atoms with Gasteiger partial charge in [-0.3, -0.25) is 14.9 Å². The van der Waals surface area contributed by atoms with Crippen molar-refractivity contribution in [3.63, 3.8) is 0 Å². The third-order valence-corrected chi connectivity index (χ3v) is 3.66. The number of halogens is 5. The Balaban J connectivity index is 2.00. The van der Waals surface area contributed by atoms with Crippen molar-refractivity contribution in [3.8, 4) is 0 Å². The van der Waals surface area contributed by atoms with Crippen LogP contribution in [0.3, 0.4) is 0 Å². The van der Waals surface area contributed by atoms with E-state index in [4.69, 9.17) is 11.6 Å². The van der Waals surface area contributed by atoms with Gasteiger partial charge in [0.1, 0.15) is 11.5 Å². The maximum Gasteiger partial charge on any atom is 0.416 e. The third-order valence-electron chi connectivity index (χ3n) is 3.42. The van der Waals surface area contributed by atoms with E-state index < -0.39 is 34.1 Å². The van der Waals surface area contributed by atoms with Crippen molar-refractivity contribution < 1.29 is 27.3 Å².